The number of aliphatic carboxylic acids is 1. The molecule has 0 bridgehead atoms. The van der Waals surface area contributed by atoms with E-state index in [0.29, 0.717) is 12.2 Å². The van der Waals surface area contributed by atoms with E-state index in [4.69, 9.17) is 9.84 Å². The van der Waals surface area contributed by atoms with Crippen molar-refractivity contribution in [3.8, 4) is 5.75 Å². The maximum absolute atomic E-state index is 10.4. The van der Waals surface area contributed by atoms with Gasteiger partial charge in [0, 0.05) is 6.42 Å². The van der Waals surface area contributed by atoms with E-state index < -0.39 is 5.97 Å². The number of carboxylic acid groups (broad SMARTS) is 1. The van der Waals surface area contributed by atoms with Crippen LogP contribution in [0.25, 0.3) is 0 Å². The van der Waals surface area contributed by atoms with Gasteiger partial charge in [-0.25, -0.2) is 0 Å². The molecule has 1 aromatic heterocycles. The third-order valence-electron chi connectivity index (χ3n) is 2.54. The summed E-state index contributed by atoms with van der Waals surface area (Å²) in [6.45, 7) is 0.227. The van der Waals surface area contributed by atoms with Crippen LogP contribution in [0.1, 0.15) is 17.8 Å². The first-order chi connectivity index (χ1) is 9.17. The van der Waals surface area contributed by atoms with E-state index in [0.717, 1.165) is 11.3 Å². The second kappa shape index (κ2) is 5.94. The van der Waals surface area contributed by atoms with E-state index >= 15 is 0 Å². The van der Waals surface area contributed by atoms with Gasteiger partial charge in [0.2, 0.25) is 0 Å². The van der Waals surface area contributed by atoms with Gasteiger partial charge < -0.3 is 9.84 Å². The fourth-order valence-electron chi connectivity index (χ4n) is 1.56. The SMILES string of the molecule is COc1ccc(Cc2nnn(CCC(=O)O)n2)cc1. The van der Waals surface area contributed by atoms with Crippen LogP contribution in [-0.2, 0) is 17.8 Å². The number of carboxylic acids is 1. The van der Waals surface area contributed by atoms with Crippen LogP contribution in [0.15, 0.2) is 24.3 Å². The highest BCUT2D eigenvalue weighted by molar-refractivity contribution is 5.66. The summed E-state index contributed by atoms with van der Waals surface area (Å²) in [4.78, 5) is 11.7. The van der Waals surface area contributed by atoms with Crippen molar-refractivity contribution in [3.05, 3.63) is 35.7 Å². The highest BCUT2D eigenvalue weighted by Gasteiger charge is 2.06. The van der Waals surface area contributed by atoms with Gasteiger partial charge in [0.25, 0.3) is 0 Å². The first kappa shape index (κ1) is 13.0. The summed E-state index contributed by atoms with van der Waals surface area (Å²) in [5.74, 6) is 0.478. The first-order valence-corrected chi connectivity index (χ1v) is 5.79. The Morgan fingerprint density at radius 2 is 2.11 bits per heavy atom. The van der Waals surface area contributed by atoms with Gasteiger partial charge in [-0.1, -0.05) is 12.1 Å². The molecule has 0 aliphatic heterocycles. The maximum atomic E-state index is 10.4. The lowest BCUT2D eigenvalue weighted by atomic mass is 10.1. The largest absolute Gasteiger partial charge is 0.497 e. The summed E-state index contributed by atoms with van der Waals surface area (Å²) >= 11 is 0. The highest BCUT2D eigenvalue weighted by Crippen LogP contribution is 2.12. The molecule has 0 amide bonds. The van der Waals surface area contributed by atoms with Crippen LogP contribution in [0.5, 0.6) is 5.75 Å². The Morgan fingerprint density at radius 1 is 1.37 bits per heavy atom. The fraction of sp³-hybridized carbons (Fsp3) is 0.333. The maximum Gasteiger partial charge on any atom is 0.305 e. The minimum absolute atomic E-state index is 0.0155. The number of ether oxygens (including phenoxy) is 1. The van der Waals surface area contributed by atoms with Crippen LogP contribution in [0.2, 0.25) is 0 Å². The molecule has 0 radical (unpaired) electrons. The number of rotatable bonds is 6. The molecular weight excluding hydrogens is 248 g/mol. The lowest BCUT2D eigenvalue weighted by Gasteiger charge is -2.00. The van der Waals surface area contributed by atoms with Gasteiger partial charge in [0.05, 0.1) is 20.1 Å². The molecule has 2 rings (SSSR count). The standard InChI is InChI=1S/C12H14N4O3/c1-19-10-4-2-9(3-5-10)8-11-13-15-16(14-11)7-6-12(17)18/h2-5H,6-8H2,1H3,(H,17,18). The van der Waals surface area contributed by atoms with Gasteiger partial charge >= 0.3 is 5.97 Å². The average Bonchev–Trinajstić information content (AvgIpc) is 2.85. The third-order valence-corrected chi connectivity index (χ3v) is 2.54. The number of aryl methyl sites for hydroxylation is 1. The van der Waals surface area contributed by atoms with Crippen molar-refractivity contribution in [2.45, 2.75) is 19.4 Å². The number of tetrazole rings is 1. The summed E-state index contributed by atoms with van der Waals surface area (Å²) in [7, 11) is 1.62. The molecule has 1 aromatic carbocycles. The molecule has 7 nitrogen and oxygen atoms in total. The molecule has 0 aliphatic rings. The zero-order chi connectivity index (χ0) is 13.7. The van der Waals surface area contributed by atoms with E-state index in [1.165, 1.54) is 4.80 Å². The second-order valence-electron chi connectivity index (χ2n) is 3.97. The van der Waals surface area contributed by atoms with Gasteiger partial charge in [0.1, 0.15) is 5.75 Å². The second-order valence-corrected chi connectivity index (χ2v) is 3.97. The van der Waals surface area contributed by atoms with Crippen molar-refractivity contribution >= 4 is 5.97 Å². The molecule has 0 saturated carbocycles. The van der Waals surface area contributed by atoms with Crippen molar-refractivity contribution in [1.29, 1.82) is 0 Å². The van der Waals surface area contributed by atoms with Gasteiger partial charge in [0.15, 0.2) is 5.82 Å². The predicted molar refractivity (Wildman–Crippen MR) is 65.9 cm³/mol. The molecule has 1 N–H and O–H groups in total. The predicted octanol–water partition coefficient (Wildman–Crippen LogP) is 0.747. The number of hydrogen-bond acceptors (Lipinski definition) is 5. The van der Waals surface area contributed by atoms with E-state index in [1.807, 2.05) is 24.3 Å². The van der Waals surface area contributed by atoms with Crippen molar-refractivity contribution in [2.75, 3.05) is 7.11 Å². The third kappa shape index (κ3) is 3.77. The van der Waals surface area contributed by atoms with Crippen LogP contribution in [0.3, 0.4) is 0 Å². The summed E-state index contributed by atoms with van der Waals surface area (Å²) in [5.41, 5.74) is 1.04. The van der Waals surface area contributed by atoms with E-state index in [-0.39, 0.29) is 13.0 Å². The molecule has 19 heavy (non-hydrogen) atoms. The van der Waals surface area contributed by atoms with Gasteiger partial charge in [-0.2, -0.15) is 4.80 Å². The Balaban J connectivity index is 1.96. The topological polar surface area (TPSA) is 90.1 Å². The fourth-order valence-corrected chi connectivity index (χ4v) is 1.56. The van der Waals surface area contributed by atoms with Crippen molar-refractivity contribution in [1.82, 2.24) is 20.2 Å². The normalized spacial score (nSPS) is 10.4. The minimum atomic E-state index is -0.881. The van der Waals surface area contributed by atoms with Crippen LogP contribution < -0.4 is 4.74 Å². The molecule has 0 spiro atoms. The van der Waals surface area contributed by atoms with Crippen molar-refractivity contribution in [2.24, 2.45) is 0 Å². The lowest BCUT2D eigenvalue weighted by Crippen LogP contribution is -2.07. The molecule has 0 atom stereocenters. The van der Waals surface area contributed by atoms with Crippen molar-refractivity contribution in [3.63, 3.8) is 0 Å². The first-order valence-electron chi connectivity index (χ1n) is 5.79. The molecule has 0 saturated heterocycles. The molecule has 100 valence electrons. The molecule has 0 fully saturated rings. The highest BCUT2D eigenvalue weighted by atomic mass is 16.5. The molecule has 7 heteroatoms. The number of aromatic nitrogens is 4. The zero-order valence-electron chi connectivity index (χ0n) is 10.5. The van der Waals surface area contributed by atoms with Crippen LogP contribution in [-0.4, -0.2) is 38.4 Å². The average molecular weight is 262 g/mol. The number of methoxy groups -OCH3 is 1. The monoisotopic (exact) mass is 262 g/mol. The van der Waals surface area contributed by atoms with Gasteiger partial charge in [-0.3, -0.25) is 4.79 Å². The molecular formula is C12H14N4O3. The Hall–Kier alpha value is -2.44. The Bertz CT molecular complexity index is 550. The summed E-state index contributed by atoms with van der Waals surface area (Å²) < 4.78 is 5.07. The summed E-state index contributed by atoms with van der Waals surface area (Å²) in [6, 6.07) is 7.59. The van der Waals surface area contributed by atoms with Gasteiger partial charge in [-0.15, -0.1) is 10.2 Å². The number of carbonyl (C=O) groups is 1. The smallest absolute Gasteiger partial charge is 0.305 e. The summed E-state index contributed by atoms with van der Waals surface area (Å²) in [5, 5.41) is 20.4. The number of hydrogen-bond donors (Lipinski definition) is 1. The van der Waals surface area contributed by atoms with Crippen molar-refractivity contribution < 1.29 is 14.6 Å². The van der Waals surface area contributed by atoms with Gasteiger partial charge in [-0.05, 0) is 22.9 Å². The van der Waals surface area contributed by atoms with E-state index in [2.05, 4.69) is 15.4 Å². The molecule has 0 unspecified atom stereocenters. The number of nitrogens with zero attached hydrogens (tertiary/aromatic N) is 4. The number of benzene rings is 1. The Morgan fingerprint density at radius 3 is 2.74 bits per heavy atom. The lowest BCUT2D eigenvalue weighted by molar-refractivity contribution is -0.137. The molecule has 1 heterocycles. The quantitative estimate of drug-likeness (QED) is 0.826. The molecule has 0 aliphatic carbocycles. The van der Waals surface area contributed by atoms with E-state index in [9.17, 15) is 4.79 Å². The minimum Gasteiger partial charge on any atom is -0.497 e. The summed E-state index contributed by atoms with van der Waals surface area (Å²) in [6.07, 6.45) is 0.537. The van der Waals surface area contributed by atoms with Crippen LogP contribution in [0, 0.1) is 0 Å². The Labute approximate surface area is 109 Å². The van der Waals surface area contributed by atoms with Crippen LogP contribution >= 0.6 is 0 Å². The Kier molecular flexibility index (Phi) is 4.07. The van der Waals surface area contributed by atoms with E-state index in [1.54, 1.807) is 7.11 Å². The zero-order valence-corrected chi connectivity index (χ0v) is 10.5. The molecule has 2 aromatic rings. The van der Waals surface area contributed by atoms with Crippen LogP contribution in [0.4, 0.5) is 0 Å².